The van der Waals surface area contributed by atoms with Crippen LogP contribution >= 0.6 is 0 Å². The molecule has 1 heteroatoms. The van der Waals surface area contributed by atoms with Crippen molar-refractivity contribution in [3.05, 3.63) is 125 Å². The van der Waals surface area contributed by atoms with Crippen LogP contribution in [0.1, 0.15) is 55.5 Å². The largest absolute Gasteiger partial charge is 0.309 e. The van der Waals surface area contributed by atoms with Crippen molar-refractivity contribution in [1.82, 2.24) is 4.57 Å². The molecule has 5 aromatic carbocycles. The molecule has 0 fully saturated rings. The monoisotopic (exact) mass is 489 g/mol. The van der Waals surface area contributed by atoms with Gasteiger partial charge in [0.25, 0.3) is 0 Å². The van der Waals surface area contributed by atoms with Crippen molar-refractivity contribution in [2.75, 3.05) is 0 Å². The van der Waals surface area contributed by atoms with E-state index in [9.17, 15) is 0 Å². The summed E-state index contributed by atoms with van der Waals surface area (Å²) in [5.41, 5.74) is 16.3. The Morgan fingerprint density at radius 1 is 0.474 bits per heavy atom. The van der Waals surface area contributed by atoms with E-state index >= 15 is 0 Å². The third-order valence-electron chi connectivity index (χ3n) is 9.45. The van der Waals surface area contributed by atoms with E-state index in [1.807, 2.05) is 0 Å². The predicted molar refractivity (Wildman–Crippen MR) is 161 cm³/mol. The quantitative estimate of drug-likeness (QED) is 0.217. The summed E-state index contributed by atoms with van der Waals surface area (Å²) in [4.78, 5) is 0. The van der Waals surface area contributed by atoms with Crippen LogP contribution in [-0.2, 0) is 10.8 Å². The second-order valence-electron chi connectivity index (χ2n) is 12.3. The zero-order valence-electron chi connectivity index (χ0n) is 22.7. The molecule has 2 aliphatic carbocycles. The Labute approximate surface area is 224 Å². The van der Waals surface area contributed by atoms with E-state index in [1.165, 1.54) is 77.6 Å². The standard InChI is InChI=1S/C37H31N/c1-22-14-16-24-28-20-33-29(21-32(28)36(2,3)30(24)18-22)25-17-15-23(19-31(25)37(33,4)5)38-34-12-8-6-10-26(34)27-11-7-9-13-35(27)38/h6-21H,1-5H3. The second kappa shape index (κ2) is 7.05. The summed E-state index contributed by atoms with van der Waals surface area (Å²) in [6, 6.07) is 36.7. The Hall–Kier alpha value is -4.10. The number of hydrogen-bond acceptors (Lipinski definition) is 0. The van der Waals surface area contributed by atoms with Crippen molar-refractivity contribution in [3.8, 4) is 27.9 Å². The molecule has 0 N–H and O–H groups in total. The number of rotatable bonds is 1. The summed E-state index contributed by atoms with van der Waals surface area (Å²) in [6.45, 7) is 11.8. The zero-order valence-corrected chi connectivity index (χ0v) is 22.7. The molecule has 0 aliphatic heterocycles. The van der Waals surface area contributed by atoms with Gasteiger partial charge >= 0.3 is 0 Å². The fraction of sp³-hybridized carbons (Fsp3) is 0.189. The zero-order chi connectivity index (χ0) is 26.0. The van der Waals surface area contributed by atoms with E-state index in [0.29, 0.717) is 0 Å². The van der Waals surface area contributed by atoms with Gasteiger partial charge in [0.1, 0.15) is 0 Å². The lowest BCUT2D eigenvalue weighted by atomic mass is 9.79. The number of nitrogens with zero attached hydrogens (tertiary/aromatic N) is 1. The van der Waals surface area contributed by atoms with Gasteiger partial charge < -0.3 is 4.57 Å². The Bertz CT molecular complexity index is 1930. The van der Waals surface area contributed by atoms with Crippen molar-refractivity contribution in [2.45, 2.75) is 45.4 Å². The lowest BCUT2D eigenvalue weighted by Crippen LogP contribution is -2.17. The maximum atomic E-state index is 2.51. The molecule has 0 saturated heterocycles. The summed E-state index contributed by atoms with van der Waals surface area (Å²) in [6.07, 6.45) is 0. The molecule has 0 radical (unpaired) electrons. The molecule has 0 atom stereocenters. The fourth-order valence-electron chi connectivity index (χ4n) is 7.40. The highest BCUT2D eigenvalue weighted by Gasteiger charge is 2.41. The van der Waals surface area contributed by atoms with Crippen LogP contribution in [0, 0.1) is 6.92 Å². The van der Waals surface area contributed by atoms with E-state index in [2.05, 4.69) is 136 Å². The van der Waals surface area contributed by atoms with Crippen LogP contribution in [0.4, 0.5) is 0 Å². The molecule has 1 heterocycles. The van der Waals surface area contributed by atoms with E-state index in [4.69, 9.17) is 0 Å². The highest BCUT2D eigenvalue weighted by atomic mass is 15.0. The number of para-hydroxylation sites is 2. The van der Waals surface area contributed by atoms with Gasteiger partial charge in [0.2, 0.25) is 0 Å². The van der Waals surface area contributed by atoms with E-state index < -0.39 is 0 Å². The normalized spacial score (nSPS) is 15.9. The molecule has 0 saturated carbocycles. The Kier molecular flexibility index (Phi) is 4.07. The number of aryl methyl sites for hydroxylation is 1. The first-order chi connectivity index (χ1) is 18.3. The summed E-state index contributed by atoms with van der Waals surface area (Å²) in [5.74, 6) is 0. The Morgan fingerprint density at radius 3 is 1.53 bits per heavy atom. The van der Waals surface area contributed by atoms with Crippen molar-refractivity contribution in [1.29, 1.82) is 0 Å². The lowest BCUT2D eigenvalue weighted by molar-refractivity contribution is 0.651. The Balaban J connectivity index is 1.36. The number of fused-ring (bicyclic) bond motifs is 9. The first-order valence-corrected chi connectivity index (χ1v) is 13.7. The summed E-state index contributed by atoms with van der Waals surface area (Å²) in [7, 11) is 0. The molecule has 2 aliphatic rings. The fourth-order valence-corrected chi connectivity index (χ4v) is 7.40. The molecule has 184 valence electrons. The summed E-state index contributed by atoms with van der Waals surface area (Å²) >= 11 is 0. The van der Waals surface area contributed by atoms with E-state index in [0.717, 1.165) is 0 Å². The van der Waals surface area contributed by atoms with E-state index in [-0.39, 0.29) is 10.8 Å². The first-order valence-electron chi connectivity index (χ1n) is 13.7. The van der Waals surface area contributed by atoms with Crippen molar-refractivity contribution in [3.63, 3.8) is 0 Å². The minimum absolute atomic E-state index is 0.00151. The molecule has 8 rings (SSSR count). The van der Waals surface area contributed by atoms with Gasteiger partial charge in [-0.1, -0.05) is 93.9 Å². The average Bonchev–Trinajstić information content (AvgIpc) is 3.45. The van der Waals surface area contributed by atoms with Crippen LogP contribution in [0.15, 0.2) is 97.1 Å². The van der Waals surface area contributed by atoms with Gasteiger partial charge in [-0.05, 0) is 87.8 Å². The first kappa shape index (κ1) is 21.9. The number of benzene rings is 5. The molecule has 6 aromatic rings. The second-order valence-corrected chi connectivity index (χ2v) is 12.3. The molecule has 0 bridgehead atoms. The minimum Gasteiger partial charge on any atom is -0.309 e. The van der Waals surface area contributed by atoms with Crippen LogP contribution in [0.25, 0.3) is 49.7 Å². The summed E-state index contributed by atoms with van der Waals surface area (Å²) in [5, 5.41) is 2.61. The van der Waals surface area contributed by atoms with Crippen LogP contribution in [0.3, 0.4) is 0 Å². The van der Waals surface area contributed by atoms with Crippen molar-refractivity contribution in [2.24, 2.45) is 0 Å². The SMILES string of the molecule is Cc1ccc2c(c1)C(C)(C)c1cc3c(cc1-2)C(C)(C)c1cc(-n2c4ccccc4c4ccccc42)ccc1-3. The van der Waals surface area contributed by atoms with Gasteiger partial charge in [0.15, 0.2) is 0 Å². The highest BCUT2D eigenvalue weighted by Crippen LogP contribution is 2.56. The van der Waals surface area contributed by atoms with Gasteiger partial charge in [-0.15, -0.1) is 0 Å². The Morgan fingerprint density at radius 2 is 0.947 bits per heavy atom. The number of hydrogen-bond donors (Lipinski definition) is 0. The van der Waals surface area contributed by atoms with Gasteiger partial charge in [-0.2, -0.15) is 0 Å². The van der Waals surface area contributed by atoms with Crippen LogP contribution in [0.2, 0.25) is 0 Å². The molecule has 0 amide bonds. The molecule has 0 spiro atoms. The van der Waals surface area contributed by atoms with Crippen LogP contribution < -0.4 is 0 Å². The summed E-state index contributed by atoms with van der Waals surface area (Å²) < 4.78 is 2.44. The maximum Gasteiger partial charge on any atom is 0.0541 e. The van der Waals surface area contributed by atoms with E-state index in [1.54, 1.807) is 0 Å². The van der Waals surface area contributed by atoms with Gasteiger partial charge in [0, 0.05) is 27.3 Å². The minimum atomic E-state index is -0.0773. The maximum absolute atomic E-state index is 2.51. The lowest BCUT2D eigenvalue weighted by Gasteiger charge is -2.24. The molecule has 1 aromatic heterocycles. The third kappa shape index (κ3) is 2.62. The van der Waals surface area contributed by atoms with Crippen LogP contribution in [0.5, 0.6) is 0 Å². The smallest absolute Gasteiger partial charge is 0.0541 e. The van der Waals surface area contributed by atoms with Crippen LogP contribution in [-0.4, -0.2) is 4.57 Å². The molecule has 38 heavy (non-hydrogen) atoms. The predicted octanol–water partition coefficient (Wildman–Crippen LogP) is 9.70. The molecule has 1 nitrogen and oxygen atoms in total. The van der Waals surface area contributed by atoms with Crippen molar-refractivity contribution >= 4 is 21.8 Å². The molecule has 0 unspecified atom stereocenters. The molecular formula is C37H31N. The molecular weight excluding hydrogens is 458 g/mol. The topological polar surface area (TPSA) is 4.93 Å². The third-order valence-corrected chi connectivity index (χ3v) is 9.45. The highest BCUT2D eigenvalue weighted by molar-refractivity contribution is 6.09. The number of aromatic nitrogens is 1. The average molecular weight is 490 g/mol. The van der Waals surface area contributed by atoms with Gasteiger partial charge in [-0.25, -0.2) is 0 Å². The van der Waals surface area contributed by atoms with Gasteiger partial charge in [0.05, 0.1) is 11.0 Å². The van der Waals surface area contributed by atoms with Gasteiger partial charge in [-0.3, -0.25) is 0 Å². The van der Waals surface area contributed by atoms with Crippen molar-refractivity contribution < 1.29 is 0 Å².